The highest BCUT2D eigenvalue weighted by Gasteiger charge is 2.08. The van der Waals surface area contributed by atoms with Crippen molar-refractivity contribution < 1.29 is 9.13 Å². The molecule has 1 N–H and O–H groups in total. The van der Waals surface area contributed by atoms with Crippen LogP contribution in [0.15, 0.2) is 30.9 Å². The molecule has 0 fully saturated rings. The van der Waals surface area contributed by atoms with Crippen LogP contribution >= 0.6 is 0 Å². The maximum atomic E-state index is 13.6. The molecule has 94 valence electrons. The molecule has 0 aromatic heterocycles. The Morgan fingerprint density at radius 1 is 1.47 bits per heavy atom. The first-order chi connectivity index (χ1) is 8.29. The summed E-state index contributed by atoms with van der Waals surface area (Å²) in [5.74, 6) is 0.0582. The average Bonchev–Trinajstić information content (AvgIpc) is 2.33. The lowest BCUT2D eigenvalue weighted by molar-refractivity contribution is 0.303. The van der Waals surface area contributed by atoms with Crippen molar-refractivity contribution in [2.24, 2.45) is 0 Å². The molecular formula is C14H20FNO. The number of hydrogen-bond acceptors (Lipinski definition) is 2. The third kappa shape index (κ3) is 4.57. The maximum Gasteiger partial charge on any atom is 0.165 e. The van der Waals surface area contributed by atoms with Crippen LogP contribution in [0.2, 0.25) is 0 Å². The summed E-state index contributed by atoms with van der Waals surface area (Å²) in [6.07, 6.45) is 3.54. The van der Waals surface area contributed by atoms with Crippen LogP contribution in [-0.2, 0) is 6.54 Å². The van der Waals surface area contributed by atoms with Crippen molar-refractivity contribution in [3.05, 3.63) is 42.2 Å². The van der Waals surface area contributed by atoms with Gasteiger partial charge in [-0.05, 0) is 25.5 Å². The predicted molar refractivity (Wildman–Crippen MR) is 68.7 cm³/mol. The van der Waals surface area contributed by atoms with Gasteiger partial charge in [0.05, 0.1) is 6.61 Å². The third-order valence-corrected chi connectivity index (χ3v) is 2.36. The molecule has 0 unspecified atom stereocenters. The van der Waals surface area contributed by atoms with E-state index in [2.05, 4.69) is 18.8 Å². The molecule has 0 heterocycles. The second-order valence-corrected chi connectivity index (χ2v) is 3.83. The Hall–Kier alpha value is -1.35. The van der Waals surface area contributed by atoms with Gasteiger partial charge in [0.15, 0.2) is 11.6 Å². The van der Waals surface area contributed by atoms with E-state index in [1.807, 2.05) is 6.07 Å². The van der Waals surface area contributed by atoms with E-state index in [1.54, 1.807) is 12.1 Å². The predicted octanol–water partition coefficient (Wildman–Crippen LogP) is 3.28. The molecule has 2 nitrogen and oxygen atoms in total. The molecule has 1 aromatic rings. The first-order valence-corrected chi connectivity index (χ1v) is 6.01. The summed E-state index contributed by atoms with van der Waals surface area (Å²) in [4.78, 5) is 0. The van der Waals surface area contributed by atoms with E-state index in [1.165, 1.54) is 6.07 Å². The van der Waals surface area contributed by atoms with E-state index >= 15 is 0 Å². The summed E-state index contributed by atoms with van der Waals surface area (Å²) in [6.45, 7) is 7.73. The van der Waals surface area contributed by atoms with Crippen molar-refractivity contribution in [1.82, 2.24) is 5.32 Å². The summed E-state index contributed by atoms with van der Waals surface area (Å²) in [6, 6.07) is 5.01. The van der Waals surface area contributed by atoms with Gasteiger partial charge < -0.3 is 10.1 Å². The van der Waals surface area contributed by atoms with Crippen molar-refractivity contribution in [1.29, 1.82) is 0 Å². The van der Waals surface area contributed by atoms with Crippen molar-refractivity contribution in [3.8, 4) is 5.75 Å². The normalized spacial score (nSPS) is 10.2. The van der Waals surface area contributed by atoms with Crippen LogP contribution in [0.4, 0.5) is 4.39 Å². The highest BCUT2D eigenvalue weighted by Crippen LogP contribution is 2.22. The average molecular weight is 237 g/mol. The van der Waals surface area contributed by atoms with Crippen molar-refractivity contribution in [2.75, 3.05) is 13.2 Å². The van der Waals surface area contributed by atoms with Crippen LogP contribution in [-0.4, -0.2) is 13.2 Å². The Labute approximate surface area is 102 Å². The van der Waals surface area contributed by atoms with Gasteiger partial charge in [0.1, 0.15) is 0 Å². The van der Waals surface area contributed by atoms with Gasteiger partial charge in [-0.25, -0.2) is 4.39 Å². The SMILES string of the molecule is C=CCCOc1c(F)cccc1CNCCC. The number of hydrogen-bond donors (Lipinski definition) is 1. The largest absolute Gasteiger partial charge is 0.490 e. The fraction of sp³-hybridized carbons (Fsp3) is 0.429. The Bertz CT molecular complexity index is 352. The summed E-state index contributed by atoms with van der Waals surface area (Å²) in [5.41, 5.74) is 0.863. The number of rotatable bonds is 8. The van der Waals surface area contributed by atoms with E-state index in [4.69, 9.17) is 4.74 Å². The van der Waals surface area contributed by atoms with E-state index < -0.39 is 0 Å². The monoisotopic (exact) mass is 237 g/mol. The second-order valence-electron chi connectivity index (χ2n) is 3.83. The summed E-state index contributed by atoms with van der Waals surface area (Å²) in [5, 5.41) is 3.24. The maximum absolute atomic E-state index is 13.6. The van der Waals surface area contributed by atoms with Crippen LogP contribution in [0.3, 0.4) is 0 Å². The fourth-order valence-electron chi connectivity index (χ4n) is 1.50. The minimum absolute atomic E-state index is 0.301. The van der Waals surface area contributed by atoms with Crippen molar-refractivity contribution >= 4 is 0 Å². The van der Waals surface area contributed by atoms with Gasteiger partial charge in [0.25, 0.3) is 0 Å². The topological polar surface area (TPSA) is 21.3 Å². The van der Waals surface area contributed by atoms with E-state index in [0.29, 0.717) is 18.9 Å². The fourth-order valence-corrected chi connectivity index (χ4v) is 1.50. The minimum Gasteiger partial charge on any atom is -0.490 e. The van der Waals surface area contributed by atoms with E-state index in [-0.39, 0.29) is 5.82 Å². The van der Waals surface area contributed by atoms with Gasteiger partial charge in [-0.2, -0.15) is 0 Å². The van der Waals surface area contributed by atoms with Gasteiger partial charge in [0.2, 0.25) is 0 Å². The Morgan fingerprint density at radius 3 is 3.00 bits per heavy atom. The smallest absolute Gasteiger partial charge is 0.165 e. The van der Waals surface area contributed by atoms with Gasteiger partial charge >= 0.3 is 0 Å². The first-order valence-electron chi connectivity index (χ1n) is 6.01. The lowest BCUT2D eigenvalue weighted by Gasteiger charge is -2.12. The van der Waals surface area contributed by atoms with Gasteiger partial charge in [-0.3, -0.25) is 0 Å². The van der Waals surface area contributed by atoms with Gasteiger partial charge in [-0.1, -0.05) is 25.1 Å². The van der Waals surface area contributed by atoms with Crippen molar-refractivity contribution in [2.45, 2.75) is 26.3 Å². The molecule has 17 heavy (non-hydrogen) atoms. The Balaban J connectivity index is 2.66. The zero-order valence-electron chi connectivity index (χ0n) is 10.3. The van der Waals surface area contributed by atoms with Gasteiger partial charge in [0, 0.05) is 12.1 Å². The Morgan fingerprint density at radius 2 is 2.29 bits per heavy atom. The molecule has 0 bridgehead atoms. The molecule has 0 aliphatic heterocycles. The zero-order chi connectivity index (χ0) is 12.5. The summed E-state index contributed by atoms with van der Waals surface area (Å²) < 4.78 is 19.1. The molecule has 0 saturated heterocycles. The highest BCUT2D eigenvalue weighted by molar-refractivity contribution is 5.34. The van der Waals surface area contributed by atoms with Gasteiger partial charge in [-0.15, -0.1) is 6.58 Å². The minimum atomic E-state index is -0.301. The van der Waals surface area contributed by atoms with Crippen molar-refractivity contribution in [3.63, 3.8) is 0 Å². The molecule has 0 aliphatic carbocycles. The third-order valence-electron chi connectivity index (χ3n) is 2.36. The quantitative estimate of drug-likeness (QED) is 0.553. The molecule has 0 atom stereocenters. The zero-order valence-corrected chi connectivity index (χ0v) is 10.3. The molecule has 0 radical (unpaired) electrons. The first kappa shape index (κ1) is 13.7. The summed E-state index contributed by atoms with van der Waals surface area (Å²) >= 11 is 0. The molecular weight excluding hydrogens is 217 g/mol. The molecule has 3 heteroatoms. The van der Waals surface area contributed by atoms with Crippen LogP contribution in [0.5, 0.6) is 5.75 Å². The van der Waals surface area contributed by atoms with Crippen LogP contribution in [0, 0.1) is 5.82 Å². The van der Waals surface area contributed by atoms with E-state index in [0.717, 1.165) is 24.9 Å². The molecule has 0 aliphatic rings. The molecule has 0 spiro atoms. The lowest BCUT2D eigenvalue weighted by Crippen LogP contribution is -2.15. The molecule has 0 saturated carbocycles. The number of halogens is 1. The number of para-hydroxylation sites is 1. The van der Waals surface area contributed by atoms with Crippen LogP contribution < -0.4 is 10.1 Å². The van der Waals surface area contributed by atoms with E-state index in [9.17, 15) is 4.39 Å². The summed E-state index contributed by atoms with van der Waals surface area (Å²) in [7, 11) is 0. The standard InChI is InChI=1S/C14H20FNO/c1-3-5-10-17-14-12(11-16-9-4-2)7-6-8-13(14)15/h3,6-8,16H,1,4-5,9-11H2,2H3. The molecule has 1 rings (SSSR count). The highest BCUT2D eigenvalue weighted by atomic mass is 19.1. The number of ether oxygens (including phenoxy) is 1. The molecule has 1 aromatic carbocycles. The van der Waals surface area contributed by atoms with Crippen LogP contribution in [0.25, 0.3) is 0 Å². The van der Waals surface area contributed by atoms with Crippen LogP contribution in [0.1, 0.15) is 25.3 Å². The molecule has 0 amide bonds. The number of nitrogens with one attached hydrogen (secondary N) is 1. The number of benzene rings is 1. The lowest BCUT2D eigenvalue weighted by atomic mass is 10.2. The second kappa shape index (κ2) is 7.85. The Kier molecular flexibility index (Phi) is 6.33.